The van der Waals surface area contributed by atoms with Crippen LogP contribution in [-0.4, -0.2) is 299 Å². The molecule has 8 rings (SSSR count). The molecule has 0 saturated carbocycles. The number of aromatic hydroxyl groups is 4. The van der Waals surface area contributed by atoms with Gasteiger partial charge in [0.05, 0.1) is 30.9 Å². The van der Waals surface area contributed by atoms with E-state index >= 15 is 0 Å². The Labute approximate surface area is 786 Å². The number of nitrogens with one attached hydrogen (secondary N) is 8. The van der Waals surface area contributed by atoms with Gasteiger partial charge in [0.15, 0.2) is 11.6 Å². The number of phenols is 4. The molecule has 14 N–H and O–H groups in total. The number of rotatable bonds is 47. The topological polar surface area (TPSA) is 546 Å². The van der Waals surface area contributed by atoms with Gasteiger partial charge in [-0.3, -0.25) is 81.3 Å². The van der Waals surface area contributed by atoms with Gasteiger partial charge in [-0.15, -0.1) is 20.4 Å². The van der Waals surface area contributed by atoms with Crippen LogP contribution in [0.5, 0.6) is 23.0 Å². The SMILES string of the molecule is CCNC(=O)c1nnc(-c2cc(C(C)C)c(O)cc2O)n1-c1ccc(CN2CCN(C(=O)CCNC(=O)[C@@H](CCC(=O)N3CCN(Cc4ccc(-n5c(C(=O)NCC)nnc5-c5cc(C(C)C)c(O)cc5O)cc4)CC3)NC(=O)CCNC(=O)[C@@H](CCC(=O)OC(C)(C)C)NC(=O)[C@@H](CCC(=O)OC(C)(C)C)NC(=O)[C@@H](CCC(=O)OC(C)(C)C)NC(=O)COCCOCCN)CC2)cc1. The highest BCUT2D eigenvalue weighted by Crippen LogP contribution is 2.41. The van der Waals surface area contributed by atoms with Crippen LogP contribution in [0, 0.1) is 0 Å². The molecule has 0 aliphatic carbocycles. The molecular weight excluding hydrogens is 1750 g/mol. The summed E-state index contributed by atoms with van der Waals surface area (Å²) in [4.78, 5) is 188. The number of phenolic OH excluding ortho intramolecular Hbond substituents is 4. The lowest BCUT2D eigenvalue weighted by Gasteiger charge is -2.35. The molecule has 41 nitrogen and oxygen atoms in total. The molecular formula is C94H135N19O22. The molecule has 2 fully saturated rings. The second kappa shape index (κ2) is 50.6. The number of nitrogens with zero attached hydrogens (tertiary/aromatic N) is 10. The van der Waals surface area contributed by atoms with Gasteiger partial charge in [0.1, 0.15) is 70.6 Å². The molecule has 4 atom stereocenters. The van der Waals surface area contributed by atoms with E-state index in [4.69, 9.17) is 29.4 Å². The van der Waals surface area contributed by atoms with Gasteiger partial charge in [-0.05, 0) is 172 Å². The molecule has 2 aliphatic rings. The zero-order valence-electron chi connectivity index (χ0n) is 80.1. The maximum Gasteiger partial charge on any atom is 0.306 e. The van der Waals surface area contributed by atoms with Crippen molar-refractivity contribution in [2.75, 3.05) is 112 Å². The Morgan fingerprint density at radius 3 is 1.15 bits per heavy atom. The highest BCUT2D eigenvalue weighted by atomic mass is 16.6. The molecule has 10 amide bonds. The molecule has 0 unspecified atom stereocenters. The van der Waals surface area contributed by atoms with Crippen LogP contribution in [0.25, 0.3) is 34.2 Å². The Morgan fingerprint density at radius 1 is 0.407 bits per heavy atom. The number of piperazine rings is 2. The van der Waals surface area contributed by atoms with Gasteiger partial charge in [-0.25, -0.2) is 0 Å². The summed E-state index contributed by atoms with van der Waals surface area (Å²) in [6, 6.07) is 14.3. The number of carbonyl (C=O) groups excluding carboxylic acids is 13. The van der Waals surface area contributed by atoms with Crippen molar-refractivity contribution in [3.63, 3.8) is 0 Å². The first-order valence-corrected chi connectivity index (χ1v) is 45.9. The average Bonchev–Trinajstić information content (AvgIpc) is 1.63. The maximum atomic E-state index is 14.7. The molecule has 2 aromatic heterocycles. The third-order valence-electron chi connectivity index (χ3n) is 21.6. The molecule has 4 aromatic carbocycles. The van der Waals surface area contributed by atoms with Crippen LogP contribution in [-0.2, 0) is 89.5 Å². The zero-order valence-corrected chi connectivity index (χ0v) is 80.1. The Hall–Kier alpha value is -12.7. The number of ether oxygens (including phenoxy) is 5. The van der Waals surface area contributed by atoms with E-state index < -0.39 is 151 Å². The van der Waals surface area contributed by atoms with Crippen LogP contribution in [0.3, 0.4) is 0 Å². The van der Waals surface area contributed by atoms with E-state index in [1.807, 2.05) is 52.0 Å². The highest BCUT2D eigenvalue weighted by molar-refractivity contribution is 5.96. The van der Waals surface area contributed by atoms with E-state index in [1.165, 1.54) is 16.7 Å². The lowest BCUT2D eigenvalue weighted by molar-refractivity contribution is -0.156. The smallest absolute Gasteiger partial charge is 0.306 e. The number of hydrogen-bond donors (Lipinski definition) is 13. The van der Waals surface area contributed by atoms with Crippen LogP contribution < -0.4 is 48.3 Å². The maximum absolute atomic E-state index is 14.7. The monoisotopic (exact) mass is 1880 g/mol. The lowest BCUT2D eigenvalue weighted by Crippen LogP contribution is -2.57. The van der Waals surface area contributed by atoms with E-state index in [1.54, 1.807) is 127 Å². The Kier molecular flexibility index (Phi) is 40.3. The van der Waals surface area contributed by atoms with Gasteiger partial charge >= 0.3 is 17.9 Å². The number of esters is 3. The number of aromatic nitrogens is 6. The molecule has 0 radical (unpaired) electrons. The minimum absolute atomic E-state index is 0.0157. The van der Waals surface area contributed by atoms with E-state index in [2.05, 4.69) is 72.7 Å². The predicted molar refractivity (Wildman–Crippen MR) is 496 cm³/mol. The van der Waals surface area contributed by atoms with Gasteiger partial charge < -0.3 is 102 Å². The van der Waals surface area contributed by atoms with E-state index in [9.17, 15) is 82.8 Å². The van der Waals surface area contributed by atoms with Crippen LogP contribution in [0.15, 0.2) is 72.8 Å². The summed E-state index contributed by atoms with van der Waals surface area (Å²) in [5.74, 6) is -9.69. The Morgan fingerprint density at radius 2 is 0.763 bits per heavy atom. The van der Waals surface area contributed by atoms with E-state index in [0.29, 0.717) is 101 Å². The zero-order chi connectivity index (χ0) is 99.2. The molecule has 135 heavy (non-hydrogen) atoms. The summed E-state index contributed by atoms with van der Waals surface area (Å²) in [5.41, 5.74) is 7.09. The number of nitrogens with two attached hydrogens (primary N) is 1. The summed E-state index contributed by atoms with van der Waals surface area (Å²) < 4.78 is 30.3. The lowest BCUT2D eigenvalue weighted by atomic mass is 9.98. The Bertz CT molecular complexity index is 5080. The first-order valence-electron chi connectivity index (χ1n) is 45.9. The van der Waals surface area contributed by atoms with Crippen molar-refractivity contribution < 1.29 is 106 Å². The van der Waals surface area contributed by atoms with Gasteiger partial charge in [0.2, 0.25) is 58.9 Å². The van der Waals surface area contributed by atoms with Crippen LogP contribution in [0.1, 0.15) is 223 Å². The third kappa shape index (κ3) is 33.7. The van der Waals surface area contributed by atoms with Crippen molar-refractivity contribution in [2.24, 2.45) is 5.73 Å². The molecule has 4 heterocycles. The van der Waals surface area contributed by atoms with Crippen molar-refractivity contribution in [3.8, 4) is 57.1 Å². The van der Waals surface area contributed by atoms with Crippen molar-refractivity contribution in [1.29, 1.82) is 0 Å². The van der Waals surface area contributed by atoms with Crippen LogP contribution in [0.2, 0.25) is 0 Å². The van der Waals surface area contributed by atoms with Gasteiger partial charge in [-0.1, -0.05) is 52.0 Å². The normalized spacial score (nSPS) is 14.2. The second-order valence-electron chi connectivity index (χ2n) is 36.7. The molecule has 41 heteroatoms. The fraction of sp³-hybridized carbons (Fsp3) is 0.564. The molecule has 0 spiro atoms. The highest BCUT2D eigenvalue weighted by Gasteiger charge is 2.36. The summed E-state index contributed by atoms with van der Waals surface area (Å²) in [7, 11) is 0. The number of amides is 10. The minimum atomic E-state index is -1.66. The van der Waals surface area contributed by atoms with Crippen molar-refractivity contribution >= 4 is 77.0 Å². The molecule has 0 bridgehead atoms. The first-order chi connectivity index (χ1) is 63.8. The average molecular weight is 1880 g/mol. The van der Waals surface area contributed by atoms with Crippen molar-refractivity contribution in [2.45, 2.75) is 234 Å². The quantitative estimate of drug-likeness (QED) is 0.0138. The van der Waals surface area contributed by atoms with Gasteiger partial charge in [-0.2, -0.15) is 0 Å². The van der Waals surface area contributed by atoms with Crippen molar-refractivity contribution in [1.82, 2.24) is 91.7 Å². The number of carbonyl (C=O) groups is 13. The predicted octanol–water partition coefficient (Wildman–Crippen LogP) is 4.83. The molecule has 6 aromatic rings. The Balaban J connectivity index is 0.949. The number of benzene rings is 4. The summed E-state index contributed by atoms with van der Waals surface area (Å²) in [6.45, 7) is 29.9. The van der Waals surface area contributed by atoms with E-state index in [0.717, 1.165) is 11.1 Å². The van der Waals surface area contributed by atoms with E-state index in [-0.39, 0.29) is 146 Å². The van der Waals surface area contributed by atoms with Gasteiger partial charge in [0.25, 0.3) is 11.8 Å². The summed E-state index contributed by atoms with van der Waals surface area (Å²) in [5, 5.41) is 81.8. The van der Waals surface area contributed by atoms with Crippen LogP contribution >= 0.6 is 0 Å². The second-order valence-corrected chi connectivity index (χ2v) is 36.7. The fourth-order valence-electron chi connectivity index (χ4n) is 15.0. The molecule has 2 saturated heterocycles. The fourth-order valence-corrected chi connectivity index (χ4v) is 15.0. The van der Waals surface area contributed by atoms with Crippen LogP contribution in [0.4, 0.5) is 0 Å². The molecule has 738 valence electrons. The standard InChI is InChI=1S/C94H135N19O22/c1-16-96-90(129)84-106-104-82(65-50-63(57(3)4)71(114)52-73(65)116)112(84)61-22-18-59(19-23-61)54-108-39-43-110(44-40-108)77(120)30-26-67(86(125)99-38-35-78(121)111-45-41-109(42-46-111)55-60-20-24-62(25-21-60)113-83(105-107-85(113)91(130)97-17-2)66-51-64(58(5)6)72(115)53-74(66)117)100-75(118)34-37-98-87(126)68(27-31-79(122)133-92(7,8)9)102-89(128)70(29-33-81(124)135-94(13,14)15)103-88(127)69(28-32-80(123)134-93(10,11)12)101-76(119)56-132-49-48-131-47-36-95/h18-25,50-53,57-58,67-70,114-117H,16-17,26-49,54-56,95H2,1-15H3,(H,96,129)(H,97,130)(H,98,126)(H,99,125)(H,100,118)(H,101,119)(H,102,128)(H,103,127)/t67-,68-,69-,70-/m1/s1. The number of hydrogen-bond acceptors (Lipinski definition) is 29. The van der Waals surface area contributed by atoms with Crippen molar-refractivity contribution in [3.05, 3.63) is 107 Å². The largest absolute Gasteiger partial charge is 0.508 e. The third-order valence-corrected chi connectivity index (χ3v) is 21.6. The minimum Gasteiger partial charge on any atom is -0.508 e. The summed E-state index contributed by atoms with van der Waals surface area (Å²) in [6.07, 6.45) is -3.53. The first kappa shape index (κ1) is 108. The molecule has 2 aliphatic heterocycles. The summed E-state index contributed by atoms with van der Waals surface area (Å²) >= 11 is 0. The van der Waals surface area contributed by atoms with Gasteiger partial charge in [0, 0.05) is 160 Å².